The highest BCUT2D eigenvalue weighted by Gasteiger charge is 2.21. The van der Waals surface area contributed by atoms with Crippen molar-refractivity contribution in [3.63, 3.8) is 0 Å². The molecular formula is C16H24N6. The quantitative estimate of drug-likeness (QED) is 0.861. The lowest BCUT2D eigenvalue weighted by atomic mass is 9.97. The zero-order chi connectivity index (χ0) is 15.5. The molecule has 1 aliphatic heterocycles. The highest BCUT2D eigenvalue weighted by atomic mass is 15.6. The first-order chi connectivity index (χ1) is 10.6. The maximum atomic E-state index is 4.21. The summed E-state index contributed by atoms with van der Waals surface area (Å²) in [5.41, 5.74) is 2.24. The topological polar surface area (TPSA) is 50.1 Å². The van der Waals surface area contributed by atoms with Gasteiger partial charge in [0, 0.05) is 13.6 Å². The summed E-state index contributed by atoms with van der Waals surface area (Å²) in [5.74, 6) is 1.52. The number of benzene rings is 1. The number of anilines is 1. The van der Waals surface area contributed by atoms with E-state index < -0.39 is 0 Å². The average molecular weight is 300 g/mol. The van der Waals surface area contributed by atoms with Crippen LogP contribution in [0.15, 0.2) is 24.3 Å². The van der Waals surface area contributed by atoms with E-state index in [-0.39, 0.29) is 0 Å². The molecule has 1 aromatic heterocycles. The Morgan fingerprint density at radius 1 is 1.18 bits per heavy atom. The lowest BCUT2D eigenvalue weighted by Gasteiger charge is -2.31. The van der Waals surface area contributed by atoms with Crippen molar-refractivity contribution in [1.29, 1.82) is 0 Å². The van der Waals surface area contributed by atoms with Crippen LogP contribution in [0.3, 0.4) is 0 Å². The van der Waals surface area contributed by atoms with Crippen LogP contribution < -0.4 is 4.90 Å². The molecule has 2 aromatic rings. The van der Waals surface area contributed by atoms with E-state index in [0.717, 1.165) is 18.2 Å². The van der Waals surface area contributed by atoms with Crippen LogP contribution in [0.4, 0.5) is 5.95 Å². The molecule has 0 radical (unpaired) electrons. The van der Waals surface area contributed by atoms with Crippen LogP contribution in [0.25, 0.3) is 5.69 Å². The number of tetrazole rings is 1. The molecule has 1 aromatic carbocycles. The molecule has 3 rings (SSSR count). The molecule has 6 nitrogen and oxygen atoms in total. The summed E-state index contributed by atoms with van der Waals surface area (Å²) in [6.45, 7) is 5.44. The van der Waals surface area contributed by atoms with Gasteiger partial charge in [0.1, 0.15) is 0 Å². The Morgan fingerprint density at radius 2 is 1.86 bits per heavy atom. The molecule has 6 heteroatoms. The highest BCUT2D eigenvalue weighted by Crippen LogP contribution is 2.20. The van der Waals surface area contributed by atoms with Gasteiger partial charge < -0.3 is 9.80 Å². The van der Waals surface area contributed by atoms with E-state index in [1.165, 1.54) is 31.5 Å². The Bertz CT molecular complexity index is 597. The summed E-state index contributed by atoms with van der Waals surface area (Å²) in [6, 6.07) is 8.27. The summed E-state index contributed by atoms with van der Waals surface area (Å²) >= 11 is 0. The first-order valence-electron chi connectivity index (χ1n) is 7.88. The Labute approximate surface area is 131 Å². The molecule has 0 aliphatic carbocycles. The molecule has 1 fully saturated rings. The standard InChI is InChI=1S/C16H24N6/c1-13-4-6-15(7-5-13)22-16(17-18-19-22)21(3)12-14-8-10-20(2)11-9-14/h4-7,14H,8-12H2,1-3H3. The van der Waals surface area contributed by atoms with Crippen LogP contribution in [-0.4, -0.2) is 58.8 Å². The average Bonchev–Trinajstić information content (AvgIpc) is 3.00. The normalized spacial score (nSPS) is 16.9. The third-order valence-electron chi connectivity index (χ3n) is 4.44. The van der Waals surface area contributed by atoms with Crippen molar-refractivity contribution >= 4 is 5.95 Å². The van der Waals surface area contributed by atoms with Crippen LogP contribution in [0.2, 0.25) is 0 Å². The maximum Gasteiger partial charge on any atom is 0.250 e. The third-order valence-corrected chi connectivity index (χ3v) is 4.44. The van der Waals surface area contributed by atoms with Crippen LogP contribution in [0.1, 0.15) is 18.4 Å². The van der Waals surface area contributed by atoms with E-state index in [9.17, 15) is 0 Å². The van der Waals surface area contributed by atoms with Crippen LogP contribution >= 0.6 is 0 Å². The number of likely N-dealkylation sites (tertiary alicyclic amines) is 1. The van der Waals surface area contributed by atoms with Gasteiger partial charge >= 0.3 is 0 Å². The second-order valence-electron chi connectivity index (χ2n) is 6.35. The van der Waals surface area contributed by atoms with Crippen molar-refractivity contribution in [3.8, 4) is 5.69 Å². The fraction of sp³-hybridized carbons (Fsp3) is 0.562. The van der Waals surface area contributed by atoms with E-state index in [4.69, 9.17) is 0 Å². The largest absolute Gasteiger partial charge is 0.342 e. The molecule has 22 heavy (non-hydrogen) atoms. The van der Waals surface area contributed by atoms with Crippen molar-refractivity contribution in [2.75, 3.05) is 38.6 Å². The molecule has 0 saturated carbocycles. The van der Waals surface area contributed by atoms with Gasteiger partial charge in [0.2, 0.25) is 5.95 Å². The molecular weight excluding hydrogens is 276 g/mol. The van der Waals surface area contributed by atoms with Gasteiger partial charge in [0.05, 0.1) is 5.69 Å². The summed E-state index contributed by atoms with van der Waals surface area (Å²) < 4.78 is 1.81. The van der Waals surface area contributed by atoms with E-state index in [2.05, 4.69) is 70.6 Å². The predicted octanol–water partition coefficient (Wildman–Crippen LogP) is 1.75. The molecule has 0 bridgehead atoms. The van der Waals surface area contributed by atoms with Crippen LogP contribution in [0, 0.1) is 12.8 Å². The van der Waals surface area contributed by atoms with Gasteiger partial charge in [0.25, 0.3) is 0 Å². The van der Waals surface area contributed by atoms with Crippen molar-refractivity contribution in [3.05, 3.63) is 29.8 Å². The van der Waals surface area contributed by atoms with E-state index >= 15 is 0 Å². The summed E-state index contributed by atoms with van der Waals surface area (Å²) in [5, 5.41) is 12.2. The summed E-state index contributed by atoms with van der Waals surface area (Å²) in [4.78, 5) is 4.57. The third kappa shape index (κ3) is 3.27. The second kappa shape index (κ2) is 6.44. The molecule has 1 saturated heterocycles. The number of piperidine rings is 1. The molecule has 0 unspecified atom stereocenters. The minimum atomic E-state index is 0.712. The van der Waals surface area contributed by atoms with Crippen molar-refractivity contribution in [2.45, 2.75) is 19.8 Å². The van der Waals surface area contributed by atoms with E-state index in [0.29, 0.717) is 5.92 Å². The number of aromatic nitrogens is 4. The van der Waals surface area contributed by atoms with Crippen molar-refractivity contribution in [1.82, 2.24) is 25.1 Å². The van der Waals surface area contributed by atoms with Gasteiger partial charge in [0.15, 0.2) is 0 Å². The Balaban J connectivity index is 1.72. The van der Waals surface area contributed by atoms with Crippen LogP contribution in [-0.2, 0) is 0 Å². The maximum absolute atomic E-state index is 4.21. The zero-order valence-corrected chi connectivity index (χ0v) is 13.6. The Morgan fingerprint density at radius 3 is 2.55 bits per heavy atom. The van der Waals surface area contributed by atoms with Gasteiger partial charge in [-0.3, -0.25) is 0 Å². The van der Waals surface area contributed by atoms with Gasteiger partial charge in [-0.25, -0.2) is 0 Å². The number of aryl methyl sites for hydroxylation is 1. The Kier molecular flexibility index (Phi) is 4.38. The SMILES string of the molecule is Cc1ccc(-n2nnnc2N(C)CC2CCN(C)CC2)cc1. The number of hydrogen-bond donors (Lipinski definition) is 0. The van der Waals surface area contributed by atoms with Crippen molar-refractivity contribution < 1.29 is 0 Å². The highest BCUT2D eigenvalue weighted by molar-refractivity contribution is 5.41. The Hall–Kier alpha value is -1.95. The van der Waals surface area contributed by atoms with Gasteiger partial charge in [-0.1, -0.05) is 22.8 Å². The van der Waals surface area contributed by atoms with Crippen molar-refractivity contribution in [2.24, 2.45) is 5.92 Å². The van der Waals surface area contributed by atoms with Crippen LogP contribution in [0.5, 0.6) is 0 Å². The second-order valence-corrected chi connectivity index (χ2v) is 6.35. The molecule has 0 amide bonds. The minimum Gasteiger partial charge on any atom is -0.342 e. The summed E-state index contributed by atoms with van der Waals surface area (Å²) in [7, 11) is 4.27. The predicted molar refractivity (Wildman–Crippen MR) is 87.4 cm³/mol. The molecule has 2 heterocycles. The van der Waals surface area contributed by atoms with Gasteiger partial charge in [-0.15, -0.1) is 0 Å². The monoisotopic (exact) mass is 300 g/mol. The number of rotatable bonds is 4. The fourth-order valence-electron chi connectivity index (χ4n) is 2.99. The van der Waals surface area contributed by atoms with E-state index in [1.807, 2.05) is 4.68 Å². The lowest BCUT2D eigenvalue weighted by molar-refractivity contribution is 0.222. The molecule has 0 N–H and O–H groups in total. The zero-order valence-electron chi connectivity index (χ0n) is 13.6. The minimum absolute atomic E-state index is 0.712. The molecule has 0 atom stereocenters. The first kappa shape index (κ1) is 15.0. The lowest BCUT2D eigenvalue weighted by Crippen LogP contribution is -2.36. The number of nitrogens with zero attached hydrogens (tertiary/aromatic N) is 6. The molecule has 0 spiro atoms. The molecule has 118 valence electrons. The van der Waals surface area contributed by atoms with Gasteiger partial charge in [-0.05, 0) is 68.4 Å². The summed E-state index contributed by atoms with van der Waals surface area (Å²) in [6.07, 6.45) is 2.49. The number of hydrogen-bond acceptors (Lipinski definition) is 5. The molecule has 1 aliphatic rings. The van der Waals surface area contributed by atoms with E-state index in [1.54, 1.807) is 0 Å². The smallest absolute Gasteiger partial charge is 0.250 e. The van der Waals surface area contributed by atoms with Gasteiger partial charge in [-0.2, -0.15) is 4.68 Å². The fourth-order valence-corrected chi connectivity index (χ4v) is 2.99. The first-order valence-corrected chi connectivity index (χ1v) is 7.88.